The molecular weight excluding hydrogens is 332 g/mol. The summed E-state index contributed by atoms with van der Waals surface area (Å²) >= 11 is 0. The summed E-state index contributed by atoms with van der Waals surface area (Å²) in [5.74, 6) is 0.410. The SMILES string of the molecule is C=CCn1c(C(=O)NCc2ccc(C)cc2)c(C)c2cc(C(C)C)ccc21. The number of rotatable bonds is 6. The van der Waals surface area contributed by atoms with Gasteiger partial charge in [0, 0.05) is 24.0 Å². The first kappa shape index (κ1) is 19.0. The molecule has 0 aliphatic rings. The van der Waals surface area contributed by atoms with Gasteiger partial charge in [0.25, 0.3) is 5.91 Å². The fourth-order valence-electron chi connectivity index (χ4n) is 3.48. The Morgan fingerprint density at radius 3 is 2.48 bits per heavy atom. The Morgan fingerprint density at radius 2 is 1.85 bits per heavy atom. The molecule has 0 fully saturated rings. The number of nitrogens with zero attached hydrogens (tertiary/aromatic N) is 1. The van der Waals surface area contributed by atoms with Crippen LogP contribution in [-0.2, 0) is 13.1 Å². The number of fused-ring (bicyclic) bond motifs is 1. The van der Waals surface area contributed by atoms with Crippen molar-refractivity contribution < 1.29 is 4.79 Å². The quantitative estimate of drug-likeness (QED) is 0.579. The molecule has 27 heavy (non-hydrogen) atoms. The summed E-state index contributed by atoms with van der Waals surface area (Å²) in [7, 11) is 0. The summed E-state index contributed by atoms with van der Waals surface area (Å²) < 4.78 is 2.06. The lowest BCUT2D eigenvalue weighted by molar-refractivity contribution is 0.0942. The minimum atomic E-state index is -0.0442. The summed E-state index contributed by atoms with van der Waals surface area (Å²) in [6.45, 7) is 13.5. The van der Waals surface area contributed by atoms with Crippen molar-refractivity contribution in [2.45, 2.75) is 46.7 Å². The number of hydrogen-bond donors (Lipinski definition) is 1. The van der Waals surface area contributed by atoms with E-state index in [1.54, 1.807) is 0 Å². The number of allylic oxidation sites excluding steroid dienone is 1. The van der Waals surface area contributed by atoms with Gasteiger partial charge in [0.15, 0.2) is 0 Å². The van der Waals surface area contributed by atoms with Gasteiger partial charge in [0.05, 0.1) is 0 Å². The average Bonchev–Trinajstić information content (AvgIpc) is 2.93. The highest BCUT2D eigenvalue weighted by Crippen LogP contribution is 2.29. The van der Waals surface area contributed by atoms with Gasteiger partial charge in [-0.15, -0.1) is 6.58 Å². The lowest BCUT2D eigenvalue weighted by Gasteiger charge is -2.11. The Kier molecular flexibility index (Phi) is 5.50. The monoisotopic (exact) mass is 360 g/mol. The molecule has 2 aromatic carbocycles. The number of aryl methyl sites for hydroxylation is 2. The van der Waals surface area contributed by atoms with Gasteiger partial charge in [-0.1, -0.05) is 55.8 Å². The van der Waals surface area contributed by atoms with Crippen molar-refractivity contribution in [1.29, 1.82) is 0 Å². The zero-order valence-electron chi connectivity index (χ0n) is 16.7. The molecular formula is C24H28N2O. The highest BCUT2D eigenvalue weighted by Gasteiger charge is 2.20. The molecule has 0 saturated heterocycles. The molecule has 0 atom stereocenters. The van der Waals surface area contributed by atoms with E-state index in [2.05, 4.69) is 79.7 Å². The molecule has 0 unspecified atom stereocenters. The van der Waals surface area contributed by atoms with E-state index in [4.69, 9.17) is 0 Å². The summed E-state index contributed by atoms with van der Waals surface area (Å²) in [6.07, 6.45) is 1.84. The molecule has 3 nitrogen and oxygen atoms in total. The number of amides is 1. The Hall–Kier alpha value is -2.81. The molecule has 0 bridgehead atoms. The van der Waals surface area contributed by atoms with Gasteiger partial charge in [-0.05, 0) is 48.6 Å². The van der Waals surface area contributed by atoms with E-state index in [1.165, 1.54) is 11.1 Å². The van der Waals surface area contributed by atoms with Crippen LogP contribution in [-0.4, -0.2) is 10.5 Å². The van der Waals surface area contributed by atoms with Crippen molar-refractivity contribution in [1.82, 2.24) is 9.88 Å². The first-order valence-corrected chi connectivity index (χ1v) is 9.49. The molecule has 3 aromatic rings. The number of nitrogens with one attached hydrogen (secondary N) is 1. The predicted octanol–water partition coefficient (Wildman–Crippen LogP) is 5.50. The van der Waals surface area contributed by atoms with Crippen LogP contribution in [0.25, 0.3) is 10.9 Å². The van der Waals surface area contributed by atoms with Crippen molar-refractivity contribution in [3.05, 3.63) is 83.1 Å². The summed E-state index contributed by atoms with van der Waals surface area (Å²) in [5.41, 5.74) is 6.42. The molecule has 140 valence electrons. The minimum Gasteiger partial charge on any atom is -0.347 e. The van der Waals surface area contributed by atoms with Gasteiger partial charge in [0.1, 0.15) is 5.69 Å². The summed E-state index contributed by atoms with van der Waals surface area (Å²) in [4.78, 5) is 13.0. The molecule has 0 saturated carbocycles. The van der Waals surface area contributed by atoms with Gasteiger partial charge in [-0.25, -0.2) is 0 Å². The molecule has 0 aliphatic carbocycles. The van der Waals surface area contributed by atoms with Crippen LogP contribution < -0.4 is 5.32 Å². The Balaban J connectivity index is 1.97. The molecule has 3 heteroatoms. The van der Waals surface area contributed by atoms with E-state index < -0.39 is 0 Å². The summed E-state index contributed by atoms with van der Waals surface area (Å²) in [5, 5.41) is 4.22. The van der Waals surface area contributed by atoms with E-state index in [0.717, 1.165) is 27.7 Å². The lowest BCUT2D eigenvalue weighted by Crippen LogP contribution is -2.26. The third kappa shape index (κ3) is 3.82. The van der Waals surface area contributed by atoms with Gasteiger partial charge >= 0.3 is 0 Å². The largest absolute Gasteiger partial charge is 0.347 e. The van der Waals surface area contributed by atoms with Crippen LogP contribution in [0.5, 0.6) is 0 Å². The number of benzene rings is 2. The van der Waals surface area contributed by atoms with E-state index in [-0.39, 0.29) is 5.91 Å². The van der Waals surface area contributed by atoms with Gasteiger partial charge < -0.3 is 9.88 Å². The number of carbonyl (C=O) groups excluding carboxylic acids is 1. The van der Waals surface area contributed by atoms with Crippen LogP contribution in [0.2, 0.25) is 0 Å². The Bertz CT molecular complexity index is 978. The van der Waals surface area contributed by atoms with Crippen LogP contribution in [0.1, 0.15) is 52.5 Å². The first-order valence-electron chi connectivity index (χ1n) is 9.49. The number of carbonyl (C=O) groups is 1. The topological polar surface area (TPSA) is 34.0 Å². The van der Waals surface area contributed by atoms with Crippen molar-refractivity contribution in [3.63, 3.8) is 0 Å². The zero-order chi connectivity index (χ0) is 19.6. The standard InChI is InChI=1S/C24H28N2O/c1-6-13-26-22-12-11-20(16(2)3)14-21(22)18(5)23(26)24(27)25-15-19-9-7-17(4)8-10-19/h6-12,14,16H,1,13,15H2,2-5H3,(H,25,27). The summed E-state index contributed by atoms with van der Waals surface area (Å²) in [6, 6.07) is 14.7. The maximum Gasteiger partial charge on any atom is 0.268 e. The highest BCUT2D eigenvalue weighted by molar-refractivity contribution is 6.01. The molecule has 1 amide bonds. The second-order valence-electron chi connectivity index (χ2n) is 7.47. The van der Waals surface area contributed by atoms with Gasteiger partial charge in [0.2, 0.25) is 0 Å². The third-order valence-corrected chi connectivity index (χ3v) is 5.11. The number of aromatic nitrogens is 1. The second kappa shape index (κ2) is 7.83. The maximum atomic E-state index is 13.0. The van der Waals surface area contributed by atoms with Crippen molar-refractivity contribution in [2.24, 2.45) is 0 Å². The van der Waals surface area contributed by atoms with Crippen LogP contribution in [0.4, 0.5) is 0 Å². The Labute approximate surface area is 161 Å². The first-order chi connectivity index (χ1) is 12.9. The third-order valence-electron chi connectivity index (χ3n) is 5.11. The van der Waals surface area contributed by atoms with Crippen molar-refractivity contribution in [3.8, 4) is 0 Å². The Morgan fingerprint density at radius 1 is 1.15 bits per heavy atom. The molecule has 1 aromatic heterocycles. The van der Waals surface area contributed by atoms with Crippen LogP contribution >= 0.6 is 0 Å². The zero-order valence-corrected chi connectivity index (χ0v) is 16.7. The van der Waals surface area contributed by atoms with E-state index in [9.17, 15) is 4.79 Å². The van der Waals surface area contributed by atoms with Crippen LogP contribution in [0, 0.1) is 13.8 Å². The fourth-order valence-corrected chi connectivity index (χ4v) is 3.48. The molecule has 0 radical (unpaired) electrons. The molecule has 0 spiro atoms. The normalized spacial score (nSPS) is 11.1. The molecule has 0 aliphatic heterocycles. The lowest BCUT2D eigenvalue weighted by atomic mass is 10.0. The number of hydrogen-bond acceptors (Lipinski definition) is 1. The van der Waals surface area contributed by atoms with Gasteiger partial charge in [-0.3, -0.25) is 4.79 Å². The van der Waals surface area contributed by atoms with Crippen LogP contribution in [0.15, 0.2) is 55.1 Å². The highest BCUT2D eigenvalue weighted by atomic mass is 16.1. The average molecular weight is 361 g/mol. The van der Waals surface area contributed by atoms with Crippen molar-refractivity contribution in [2.75, 3.05) is 0 Å². The second-order valence-corrected chi connectivity index (χ2v) is 7.47. The van der Waals surface area contributed by atoms with Gasteiger partial charge in [-0.2, -0.15) is 0 Å². The smallest absolute Gasteiger partial charge is 0.268 e. The predicted molar refractivity (Wildman–Crippen MR) is 113 cm³/mol. The molecule has 1 N–H and O–H groups in total. The fraction of sp³-hybridized carbons (Fsp3) is 0.292. The maximum absolute atomic E-state index is 13.0. The minimum absolute atomic E-state index is 0.0442. The molecule has 3 rings (SSSR count). The molecule has 1 heterocycles. The van der Waals surface area contributed by atoms with Crippen LogP contribution in [0.3, 0.4) is 0 Å². The van der Waals surface area contributed by atoms with E-state index >= 15 is 0 Å². The van der Waals surface area contributed by atoms with Crippen molar-refractivity contribution >= 4 is 16.8 Å². The van der Waals surface area contributed by atoms with E-state index in [0.29, 0.717) is 19.0 Å². The van der Waals surface area contributed by atoms with E-state index in [1.807, 2.05) is 13.0 Å².